The molecule has 1 aliphatic rings. The second-order valence-electron chi connectivity index (χ2n) is 5.24. The third-order valence-electron chi connectivity index (χ3n) is 3.80. The molecule has 7 nitrogen and oxygen atoms in total. The first kappa shape index (κ1) is 15.1. The van der Waals surface area contributed by atoms with Gasteiger partial charge in [-0.15, -0.1) is 0 Å². The first-order valence-electron chi connectivity index (χ1n) is 7.16. The number of hydrogen-bond acceptors (Lipinski definition) is 5. The van der Waals surface area contributed by atoms with E-state index in [4.69, 9.17) is 9.47 Å². The first-order valence-corrected chi connectivity index (χ1v) is 7.16. The lowest BCUT2D eigenvalue weighted by molar-refractivity contribution is 0.0951. The van der Waals surface area contributed by atoms with Crippen LogP contribution in [-0.2, 0) is 7.05 Å². The van der Waals surface area contributed by atoms with Gasteiger partial charge in [-0.1, -0.05) is 0 Å². The summed E-state index contributed by atoms with van der Waals surface area (Å²) in [6.45, 7) is 0.338. The number of carbonyl (C=O) groups excluding carboxylic acids is 2. The van der Waals surface area contributed by atoms with Gasteiger partial charge >= 0.3 is 0 Å². The van der Waals surface area contributed by atoms with Gasteiger partial charge in [0.1, 0.15) is 0 Å². The standard InChI is InChI=1S/C16H17N3O4/c1-18-9-11-15(17-18)12(20)6-7-19(11)16(21)10-4-5-13(22-2)14(8-10)23-3/h4-5,8-9H,6-7H2,1-3H3. The molecule has 23 heavy (non-hydrogen) atoms. The van der Waals surface area contributed by atoms with Crippen LogP contribution < -0.4 is 14.4 Å². The summed E-state index contributed by atoms with van der Waals surface area (Å²) in [6.07, 6.45) is 1.95. The number of hydrogen-bond donors (Lipinski definition) is 0. The van der Waals surface area contributed by atoms with Gasteiger partial charge in [-0.25, -0.2) is 0 Å². The fraction of sp³-hybridized carbons (Fsp3) is 0.312. The first-order chi connectivity index (χ1) is 11.0. The van der Waals surface area contributed by atoms with Crippen LogP contribution in [0.1, 0.15) is 27.3 Å². The third kappa shape index (κ3) is 2.54. The van der Waals surface area contributed by atoms with E-state index in [0.717, 1.165) is 0 Å². The average Bonchev–Trinajstić information content (AvgIpc) is 2.96. The van der Waals surface area contributed by atoms with Crippen LogP contribution in [0.3, 0.4) is 0 Å². The van der Waals surface area contributed by atoms with Crippen LogP contribution in [0.2, 0.25) is 0 Å². The highest BCUT2D eigenvalue weighted by atomic mass is 16.5. The number of ether oxygens (including phenoxy) is 2. The van der Waals surface area contributed by atoms with Crippen LogP contribution in [0, 0.1) is 0 Å². The summed E-state index contributed by atoms with van der Waals surface area (Å²) < 4.78 is 12.0. The molecule has 0 N–H and O–H groups in total. The lowest BCUT2D eigenvalue weighted by Gasteiger charge is -2.25. The van der Waals surface area contributed by atoms with Gasteiger partial charge in [0.25, 0.3) is 5.91 Å². The molecule has 1 aromatic heterocycles. The number of Topliss-reactive ketones (excluding diaryl/α,β-unsaturated/α-hetero) is 1. The molecule has 0 saturated carbocycles. The largest absolute Gasteiger partial charge is 0.493 e. The maximum Gasteiger partial charge on any atom is 0.258 e. The van der Waals surface area contributed by atoms with Gasteiger partial charge in [0.15, 0.2) is 23.0 Å². The highest BCUT2D eigenvalue weighted by Gasteiger charge is 2.31. The number of aryl methyl sites for hydroxylation is 1. The van der Waals surface area contributed by atoms with E-state index in [2.05, 4.69) is 5.10 Å². The van der Waals surface area contributed by atoms with Crippen molar-refractivity contribution < 1.29 is 19.1 Å². The molecule has 0 bridgehead atoms. The van der Waals surface area contributed by atoms with Crippen molar-refractivity contribution in [3.05, 3.63) is 35.7 Å². The molecule has 0 radical (unpaired) electrons. The Morgan fingerprint density at radius 3 is 2.65 bits per heavy atom. The number of rotatable bonds is 3. The summed E-state index contributed by atoms with van der Waals surface area (Å²) in [4.78, 5) is 26.3. The molecular formula is C16H17N3O4. The molecule has 0 fully saturated rings. The summed E-state index contributed by atoms with van der Waals surface area (Å²) >= 11 is 0. The molecule has 0 atom stereocenters. The zero-order valence-electron chi connectivity index (χ0n) is 13.2. The Kier molecular flexibility index (Phi) is 3.77. The second-order valence-corrected chi connectivity index (χ2v) is 5.24. The number of anilines is 1. The summed E-state index contributed by atoms with van der Waals surface area (Å²) in [5.41, 5.74) is 1.35. The Morgan fingerprint density at radius 2 is 1.96 bits per heavy atom. The van der Waals surface area contributed by atoms with Crippen LogP contribution in [-0.4, -0.2) is 42.2 Å². The van der Waals surface area contributed by atoms with E-state index in [0.29, 0.717) is 35.0 Å². The smallest absolute Gasteiger partial charge is 0.258 e. The summed E-state index contributed by atoms with van der Waals surface area (Å²) in [5.74, 6) is 0.794. The predicted octanol–water partition coefficient (Wildman–Crippen LogP) is 1.67. The van der Waals surface area contributed by atoms with E-state index >= 15 is 0 Å². The molecular weight excluding hydrogens is 298 g/mol. The molecule has 120 valence electrons. The van der Waals surface area contributed by atoms with Gasteiger partial charge in [-0.05, 0) is 18.2 Å². The van der Waals surface area contributed by atoms with Gasteiger partial charge in [0.05, 0.1) is 19.9 Å². The van der Waals surface area contributed by atoms with Crippen molar-refractivity contribution in [3.63, 3.8) is 0 Å². The van der Waals surface area contributed by atoms with Crippen LogP contribution in [0.15, 0.2) is 24.4 Å². The van der Waals surface area contributed by atoms with Gasteiger partial charge in [0.2, 0.25) is 0 Å². The maximum atomic E-state index is 12.8. The lowest BCUT2D eigenvalue weighted by atomic mass is 10.1. The van der Waals surface area contributed by atoms with Gasteiger partial charge in [-0.2, -0.15) is 5.10 Å². The predicted molar refractivity (Wildman–Crippen MR) is 83.4 cm³/mol. The topological polar surface area (TPSA) is 73.7 Å². The Bertz CT molecular complexity index is 782. The van der Waals surface area contributed by atoms with Crippen molar-refractivity contribution >= 4 is 17.4 Å². The fourth-order valence-electron chi connectivity index (χ4n) is 2.66. The van der Waals surface area contributed by atoms with Crippen molar-refractivity contribution in [2.24, 2.45) is 7.05 Å². The molecule has 2 heterocycles. The van der Waals surface area contributed by atoms with Crippen molar-refractivity contribution in [1.29, 1.82) is 0 Å². The molecule has 1 aliphatic heterocycles. The van der Waals surface area contributed by atoms with E-state index in [9.17, 15) is 9.59 Å². The van der Waals surface area contributed by atoms with Crippen molar-refractivity contribution in [1.82, 2.24) is 9.78 Å². The minimum absolute atomic E-state index is 0.0445. The Labute approximate surface area is 133 Å². The van der Waals surface area contributed by atoms with E-state index in [-0.39, 0.29) is 18.1 Å². The normalized spacial score (nSPS) is 13.7. The Morgan fingerprint density at radius 1 is 1.22 bits per heavy atom. The summed E-state index contributed by atoms with van der Waals surface area (Å²) in [6, 6.07) is 5.00. The number of methoxy groups -OCH3 is 2. The highest BCUT2D eigenvalue weighted by molar-refractivity contribution is 6.12. The van der Waals surface area contributed by atoms with E-state index < -0.39 is 0 Å². The number of carbonyl (C=O) groups is 2. The fourth-order valence-corrected chi connectivity index (χ4v) is 2.66. The minimum Gasteiger partial charge on any atom is -0.493 e. The van der Waals surface area contributed by atoms with E-state index in [1.54, 1.807) is 41.0 Å². The minimum atomic E-state index is -0.201. The third-order valence-corrected chi connectivity index (χ3v) is 3.80. The summed E-state index contributed by atoms with van der Waals surface area (Å²) in [5, 5.41) is 4.15. The number of benzene rings is 1. The monoisotopic (exact) mass is 315 g/mol. The van der Waals surface area contributed by atoms with Gasteiger partial charge in [-0.3, -0.25) is 14.3 Å². The average molecular weight is 315 g/mol. The van der Waals surface area contributed by atoms with Crippen LogP contribution in [0.4, 0.5) is 5.69 Å². The van der Waals surface area contributed by atoms with Crippen molar-refractivity contribution in [2.45, 2.75) is 6.42 Å². The number of nitrogens with zero attached hydrogens (tertiary/aromatic N) is 3. The molecule has 1 amide bonds. The van der Waals surface area contributed by atoms with E-state index in [1.165, 1.54) is 14.2 Å². The zero-order chi connectivity index (χ0) is 16.6. The van der Waals surface area contributed by atoms with Gasteiger partial charge < -0.3 is 14.4 Å². The second kappa shape index (κ2) is 5.75. The zero-order valence-corrected chi connectivity index (χ0v) is 13.2. The van der Waals surface area contributed by atoms with Gasteiger partial charge in [0, 0.05) is 31.8 Å². The molecule has 3 rings (SSSR count). The van der Waals surface area contributed by atoms with Crippen LogP contribution in [0.25, 0.3) is 0 Å². The molecule has 1 aromatic carbocycles. The molecule has 0 saturated heterocycles. The Hall–Kier alpha value is -2.83. The van der Waals surface area contributed by atoms with Crippen molar-refractivity contribution in [2.75, 3.05) is 25.7 Å². The highest BCUT2D eigenvalue weighted by Crippen LogP contribution is 2.31. The molecule has 7 heteroatoms. The van der Waals surface area contributed by atoms with Crippen LogP contribution in [0.5, 0.6) is 11.5 Å². The summed E-state index contributed by atoms with van der Waals surface area (Å²) in [7, 11) is 4.78. The Balaban J connectivity index is 1.98. The molecule has 0 spiro atoms. The maximum absolute atomic E-state index is 12.8. The number of fused-ring (bicyclic) bond motifs is 1. The SMILES string of the molecule is COc1ccc(C(=O)N2CCC(=O)c3nn(C)cc32)cc1OC. The van der Waals surface area contributed by atoms with E-state index in [1.807, 2.05) is 0 Å². The van der Waals surface area contributed by atoms with Crippen molar-refractivity contribution in [3.8, 4) is 11.5 Å². The lowest BCUT2D eigenvalue weighted by Crippen LogP contribution is -2.37. The molecule has 0 aliphatic carbocycles. The quantitative estimate of drug-likeness (QED) is 0.861. The number of aromatic nitrogens is 2. The number of ketones is 1. The molecule has 2 aromatic rings. The number of amides is 1. The molecule has 0 unspecified atom stereocenters. The van der Waals surface area contributed by atoms with Crippen LogP contribution >= 0.6 is 0 Å².